The van der Waals surface area contributed by atoms with Gasteiger partial charge in [0.2, 0.25) is 0 Å². The fourth-order valence-corrected chi connectivity index (χ4v) is 0.715. The number of alkyl halides is 1. The van der Waals surface area contributed by atoms with Crippen LogP contribution < -0.4 is 0 Å². The smallest absolute Gasteiger partial charge is 0.00934 e. The molecule has 0 heterocycles. The van der Waals surface area contributed by atoms with Crippen molar-refractivity contribution < 1.29 is 0 Å². The maximum Gasteiger partial charge on any atom is 0.00934 e. The van der Waals surface area contributed by atoms with Crippen molar-refractivity contribution in [1.29, 1.82) is 0 Å². The highest BCUT2D eigenvalue weighted by Gasteiger charge is 1.94. The molecule has 0 saturated carbocycles. The van der Waals surface area contributed by atoms with Gasteiger partial charge in [-0.15, -0.1) is 0 Å². The minimum absolute atomic E-state index is 0.815. The van der Waals surface area contributed by atoms with E-state index >= 15 is 0 Å². The van der Waals surface area contributed by atoms with Crippen LogP contribution in [-0.4, -0.2) is 29.5 Å². The molecule has 0 rings (SSSR count). The lowest BCUT2D eigenvalue weighted by molar-refractivity contribution is 0.402. The van der Waals surface area contributed by atoms with Crippen LogP contribution in [0.2, 0.25) is 0 Å². The molecule has 1 atom stereocenters. The lowest BCUT2D eigenvalue weighted by Crippen LogP contribution is -2.15. The van der Waals surface area contributed by atoms with E-state index in [1.807, 2.05) is 0 Å². The molecule has 0 aromatic rings. The summed E-state index contributed by atoms with van der Waals surface area (Å²) in [7, 11) is 4.22. The van der Waals surface area contributed by atoms with Crippen molar-refractivity contribution in [1.82, 2.24) is 4.90 Å². The van der Waals surface area contributed by atoms with Crippen LogP contribution in [0.1, 0.15) is 13.3 Å². The highest BCUT2D eigenvalue weighted by atomic mass is 127. The molecule has 8 heavy (non-hydrogen) atoms. The van der Waals surface area contributed by atoms with Crippen LogP contribution in [0, 0.1) is 0 Å². The molecule has 0 fully saturated rings. The Morgan fingerprint density at radius 1 is 1.50 bits per heavy atom. The van der Waals surface area contributed by atoms with Crippen LogP contribution in [0.3, 0.4) is 0 Å². The third-order valence-corrected chi connectivity index (χ3v) is 1.60. The van der Waals surface area contributed by atoms with E-state index in [9.17, 15) is 0 Å². The van der Waals surface area contributed by atoms with Crippen LogP contribution in [-0.2, 0) is 0 Å². The lowest BCUT2D eigenvalue weighted by Gasteiger charge is -2.09. The SMILES string of the molecule is CC(I)CCN(C)C. The summed E-state index contributed by atoms with van der Waals surface area (Å²) in [5.74, 6) is 0. The highest BCUT2D eigenvalue weighted by Crippen LogP contribution is 2.03. The Hall–Kier alpha value is 0.690. The highest BCUT2D eigenvalue weighted by molar-refractivity contribution is 14.1. The van der Waals surface area contributed by atoms with Crippen molar-refractivity contribution in [3.63, 3.8) is 0 Å². The van der Waals surface area contributed by atoms with Gasteiger partial charge in [0.1, 0.15) is 0 Å². The van der Waals surface area contributed by atoms with Gasteiger partial charge in [-0.3, -0.25) is 0 Å². The van der Waals surface area contributed by atoms with E-state index in [0.717, 1.165) is 3.92 Å². The number of nitrogens with zero attached hydrogens (tertiary/aromatic N) is 1. The third kappa shape index (κ3) is 6.69. The van der Waals surface area contributed by atoms with E-state index in [1.165, 1.54) is 13.0 Å². The number of rotatable bonds is 3. The summed E-state index contributed by atoms with van der Waals surface area (Å²) in [5.41, 5.74) is 0. The molecule has 0 spiro atoms. The molecule has 0 aromatic heterocycles. The average molecular weight is 227 g/mol. The van der Waals surface area contributed by atoms with E-state index in [1.54, 1.807) is 0 Å². The molecule has 2 heteroatoms. The third-order valence-electron chi connectivity index (χ3n) is 0.974. The predicted octanol–water partition coefficient (Wildman–Crippen LogP) is 1.76. The van der Waals surface area contributed by atoms with Gasteiger partial charge in [-0.05, 0) is 27.1 Å². The quantitative estimate of drug-likeness (QED) is 0.524. The summed E-state index contributed by atoms with van der Waals surface area (Å²) >= 11 is 2.45. The zero-order valence-corrected chi connectivity index (χ0v) is 7.97. The summed E-state index contributed by atoms with van der Waals surface area (Å²) in [4.78, 5) is 2.22. The van der Waals surface area contributed by atoms with Crippen LogP contribution in [0.15, 0.2) is 0 Å². The van der Waals surface area contributed by atoms with Crippen LogP contribution >= 0.6 is 22.6 Å². The summed E-state index contributed by atoms with van der Waals surface area (Å²) in [6, 6.07) is 0. The number of hydrogen-bond acceptors (Lipinski definition) is 1. The maximum atomic E-state index is 2.45. The van der Waals surface area contributed by atoms with Crippen molar-refractivity contribution >= 4 is 22.6 Å². The van der Waals surface area contributed by atoms with Crippen molar-refractivity contribution in [2.75, 3.05) is 20.6 Å². The minimum Gasteiger partial charge on any atom is -0.309 e. The number of halogens is 1. The monoisotopic (exact) mass is 227 g/mol. The zero-order chi connectivity index (χ0) is 6.57. The van der Waals surface area contributed by atoms with Gasteiger partial charge in [0.15, 0.2) is 0 Å². The molecular formula is C6H14IN. The number of hydrogen-bond donors (Lipinski definition) is 0. The maximum absolute atomic E-state index is 2.45. The normalized spacial score (nSPS) is 14.6. The first-order valence-electron chi connectivity index (χ1n) is 2.91. The summed E-state index contributed by atoms with van der Waals surface area (Å²) < 4.78 is 0.815. The van der Waals surface area contributed by atoms with E-state index in [2.05, 4.69) is 48.5 Å². The van der Waals surface area contributed by atoms with Crippen LogP contribution in [0.25, 0.3) is 0 Å². The average Bonchev–Trinajstić information content (AvgIpc) is 1.61. The van der Waals surface area contributed by atoms with E-state index in [4.69, 9.17) is 0 Å². The Morgan fingerprint density at radius 3 is 2.12 bits per heavy atom. The topological polar surface area (TPSA) is 3.24 Å². The molecule has 0 amide bonds. The summed E-state index contributed by atoms with van der Waals surface area (Å²) in [6.07, 6.45) is 1.30. The first kappa shape index (κ1) is 8.69. The molecule has 0 N–H and O–H groups in total. The fourth-order valence-electron chi connectivity index (χ4n) is 0.436. The lowest BCUT2D eigenvalue weighted by atomic mass is 10.3. The summed E-state index contributed by atoms with van der Waals surface area (Å²) in [5, 5.41) is 0. The Bertz CT molecular complexity index is 44.5. The minimum atomic E-state index is 0.815. The van der Waals surface area contributed by atoms with Gasteiger partial charge < -0.3 is 4.90 Å². The molecule has 1 unspecified atom stereocenters. The molecule has 0 aliphatic heterocycles. The molecule has 0 aliphatic rings. The van der Waals surface area contributed by atoms with Gasteiger partial charge in [0.05, 0.1) is 0 Å². The van der Waals surface area contributed by atoms with E-state index in [0.29, 0.717) is 0 Å². The Labute approximate surface area is 65.6 Å². The molecule has 0 radical (unpaired) electrons. The molecule has 50 valence electrons. The molecule has 0 bridgehead atoms. The molecule has 0 saturated heterocycles. The second-order valence-corrected chi connectivity index (χ2v) is 4.50. The first-order valence-corrected chi connectivity index (χ1v) is 4.16. The van der Waals surface area contributed by atoms with Gasteiger partial charge in [0.25, 0.3) is 0 Å². The van der Waals surface area contributed by atoms with Crippen LogP contribution in [0.5, 0.6) is 0 Å². The van der Waals surface area contributed by atoms with Crippen molar-refractivity contribution in [3.8, 4) is 0 Å². The Kier molecular flexibility index (Phi) is 4.95. The fraction of sp³-hybridized carbons (Fsp3) is 1.00. The summed E-state index contributed by atoms with van der Waals surface area (Å²) in [6.45, 7) is 3.45. The van der Waals surface area contributed by atoms with Gasteiger partial charge in [-0.1, -0.05) is 29.5 Å². The molecule has 0 aromatic carbocycles. The predicted molar refractivity (Wildman–Crippen MR) is 46.7 cm³/mol. The van der Waals surface area contributed by atoms with Crippen molar-refractivity contribution in [3.05, 3.63) is 0 Å². The molecule has 1 nitrogen and oxygen atoms in total. The molecular weight excluding hydrogens is 213 g/mol. The van der Waals surface area contributed by atoms with E-state index < -0.39 is 0 Å². The van der Waals surface area contributed by atoms with Crippen molar-refractivity contribution in [2.24, 2.45) is 0 Å². The van der Waals surface area contributed by atoms with Crippen LogP contribution in [0.4, 0.5) is 0 Å². The van der Waals surface area contributed by atoms with E-state index in [-0.39, 0.29) is 0 Å². The Morgan fingerprint density at radius 2 is 2.00 bits per heavy atom. The second-order valence-electron chi connectivity index (χ2n) is 2.37. The first-order chi connectivity index (χ1) is 3.63. The molecule has 0 aliphatic carbocycles. The van der Waals surface area contributed by atoms with Gasteiger partial charge >= 0.3 is 0 Å². The van der Waals surface area contributed by atoms with Crippen molar-refractivity contribution in [2.45, 2.75) is 17.3 Å². The second kappa shape index (κ2) is 4.56. The zero-order valence-electron chi connectivity index (χ0n) is 5.82. The Balaban J connectivity index is 2.93. The van der Waals surface area contributed by atoms with Gasteiger partial charge in [-0.25, -0.2) is 0 Å². The standard InChI is InChI=1S/C6H14IN/c1-6(7)4-5-8(2)3/h6H,4-5H2,1-3H3. The van der Waals surface area contributed by atoms with Gasteiger partial charge in [0, 0.05) is 3.92 Å². The van der Waals surface area contributed by atoms with Gasteiger partial charge in [-0.2, -0.15) is 0 Å². The largest absolute Gasteiger partial charge is 0.309 e.